The summed E-state index contributed by atoms with van der Waals surface area (Å²) in [6.07, 6.45) is 0.539. The number of hydrogen-bond donors (Lipinski definition) is 2. The van der Waals surface area contributed by atoms with Crippen LogP contribution in [0, 0.1) is 0 Å². The number of esters is 1. The maximum atomic E-state index is 12.7. The van der Waals surface area contributed by atoms with E-state index in [4.69, 9.17) is 0 Å². The summed E-state index contributed by atoms with van der Waals surface area (Å²) in [5.74, 6) is -1.98. The van der Waals surface area contributed by atoms with Gasteiger partial charge in [-0.1, -0.05) is 19.3 Å². The van der Waals surface area contributed by atoms with Gasteiger partial charge in [0.15, 0.2) is 6.61 Å². The average molecular weight is 403 g/mol. The van der Waals surface area contributed by atoms with Crippen LogP contribution in [0.3, 0.4) is 0 Å². The number of imide groups is 1. The Kier molecular flexibility index (Phi) is 7.18. The number of urea groups is 1. The Morgan fingerprint density at radius 1 is 1.14 bits per heavy atom. The highest BCUT2D eigenvalue weighted by atomic mass is 19.4. The van der Waals surface area contributed by atoms with Crippen LogP contribution in [0.1, 0.15) is 37.7 Å². The maximum Gasteiger partial charge on any atom is 0.417 e. The quantitative estimate of drug-likeness (QED) is 0.726. The smallest absolute Gasteiger partial charge is 0.417 e. The lowest BCUT2D eigenvalue weighted by molar-refractivity contribution is -0.149. The first-order chi connectivity index (χ1) is 13.1. The highest BCUT2D eigenvalue weighted by molar-refractivity contribution is 5.95. The monoisotopic (exact) mass is 403 g/mol. The third kappa shape index (κ3) is 6.71. The van der Waals surface area contributed by atoms with Gasteiger partial charge in [-0.3, -0.25) is 19.7 Å². The summed E-state index contributed by atoms with van der Waals surface area (Å²) in [4.78, 5) is 46.6. The number of ether oxygens (including phenoxy) is 1. The number of nitrogens with one attached hydrogen (secondary N) is 2. The van der Waals surface area contributed by atoms with Crippen molar-refractivity contribution in [2.24, 2.45) is 0 Å². The van der Waals surface area contributed by atoms with Gasteiger partial charge in [0.1, 0.15) is 6.54 Å². The zero-order valence-corrected chi connectivity index (χ0v) is 14.9. The Morgan fingerprint density at radius 2 is 1.82 bits per heavy atom. The van der Waals surface area contributed by atoms with Crippen molar-refractivity contribution in [3.05, 3.63) is 34.2 Å². The van der Waals surface area contributed by atoms with Crippen LogP contribution in [0.2, 0.25) is 0 Å². The molecule has 1 saturated carbocycles. The van der Waals surface area contributed by atoms with Gasteiger partial charge >= 0.3 is 18.2 Å². The molecule has 0 aliphatic heterocycles. The first kappa shape index (κ1) is 21.5. The largest absolute Gasteiger partial charge is 0.454 e. The molecule has 0 spiro atoms. The van der Waals surface area contributed by atoms with E-state index in [9.17, 15) is 32.3 Å². The Labute approximate surface area is 158 Å². The van der Waals surface area contributed by atoms with Crippen molar-refractivity contribution in [2.75, 3.05) is 6.61 Å². The fourth-order valence-corrected chi connectivity index (χ4v) is 2.78. The number of amides is 3. The van der Waals surface area contributed by atoms with Gasteiger partial charge in [-0.25, -0.2) is 4.79 Å². The van der Waals surface area contributed by atoms with E-state index >= 15 is 0 Å². The molecule has 28 heavy (non-hydrogen) atoms. The van der Waals surface area contributed by atoms with E-state index in [1.165, 1.54) is 0 Å². The number of carbonyl (C=O) groups excluding carboxylic acids is 3. The predicted molar refractivity (Wildman–Crippen MR) is 90.2 cm³/mol. The lowest BCUT2D eigenvalue weighted by Gasteiger charge is -2.22. The summed E-state index contributed by atoms with van der Waals surface area (Å²) in [6.45, 7) is -1.60. The van der Waals surface area contributed by atoms with Gasteiger partial charge in [0.2, 0.25) is 0 Å². The van der Waals surface area contributed by atoms with Gasteiger partial charge in [-0.15, -0.1) is 0 Å². The van der Waals surface area contributed by atoms with Crippen LogP contribution >= 0.6 is 0 Å². The van der Waals surface area contributed by atoms with Gasteiger partial charge in [-0.05, 0) is 18.9 Å². The van der Waals surface area contributed by atoms with Crippen molar-refractivity contribution in [1.82, 2.24) is 15.2 Å². The lowest BCUT2D eigenvalue weighted by atomic mass is 9.96. The molecule has 0 unspecified atom stereocenters. The summed E-state index contributed by atoms with van der Waals surface area (Å²) in [5.41, 5.74) is -1.93. The van der Waals surface area contributed by atoms with Crippen molar-refractivity contribution >= 4 is 17.9 Å². The zero-order chi connectivity index (χ0) is 20.7. The number of nitrogens with zero attached hydrogens (tertiary/aromatic N) is 1. The van der Waals surface area contributed by atoms with Crippen molar-refractivity contribution in [3.8, 4) is 0 Å². The Balaban J connectivity index is 1.79. The van der Waals surface area contributed by atoms with E-state index in [1.807, 2.05) is 5.32 Å². The lowest BCUT2D eigenvalue weighted by Crippen LogP contribution is -2.46. The normalized spacial score (nSPS) is 15.0. The molecular formula is C17H20F3N3O5. The third-order valence-electron chi connectivity index (χ3n) is 4.17. The number of pyridine rings is 1. The highest BCUT2D eigenvalue weighted by Gasteiger charge is 2.31. The number of hydrogen-bond acceptors (Lipinski definition) is 5. The van der Waals surface area contributed by atoms with Crippen molar-refractivity contribution < 1.29 is 32.3 Å². The van der Waals surface area contributed by atoms with Gasteiger partial charge in [0.05, 0.1) is 5.56 Å². The summed E-state index contributed by atoms with van der Waals surface area (Å²) >= 11 is 0. The van der Waals surface area contributed by atoms with E-state index < -0.39 is 48.4 Å². The molecule has 1 fully saturated rings. The van der Waals surface area contributed by atoms with E-state index in [0.29, 0.717) is 22.9 Å². The molecule has 1 aromatic heterocycles. The van der Waals surface area contributed by atoms with E-state index in [2.05, 4.69) is 10.1 Å². The van der Waals surface area contributed by atoms with E-state index in [-0.39, 0.29) is 6.04 Å². The van der Waals surface area contributed by atoms with Crippen molar-refractivity contribution in [3.63, 3.8) is 0 Å². The molecule has 0 radical (unpaired) electrons. The van der Waals surface area contributed by atoms with Crippen LogP contribution in [0.25, 0.3) is 0 Å². The van der Waals surface area contributed by atoms with Crippen molar-refractivity contribution in [1.29, 1.82) is 0 Å². The molecule has 0 atom stereocenters. The molecule has 2 rings (SSSR count). The van der Waals surface area contributed by atoms with Crippen molar-refractivity contribution in [2.45, 2.75) is 50.9 Å². The predicted octanol–water partition coefficient (Wildman–Crippen LogP) is 1.57. The minimum atomic E-state index is -4.68. The van der Waals surface area contributed by atoms with E-state index in [0.717, 1.165) is 32.1 Å². The fraction of sp³-hybridized carbons (Fsp3) is 0.529. The standard InChI is InChI=1S/C17H20F3N3O5/c18-17(19,20)11-6-7-14(25)23(8-11)9-15(26)28-10-13(24)22-16(27)21-12-4-2-1-3-5-12/h6-8,12H,1-5,9-10H2,(H2,21,22,24,27). The molecule has 0 saturated heterocycles. The molecule has 2 N–H and O–H groups in total. The van der Waals surface area contributed by atoms with E-state index in [1.54, 1.807) is 0 Å². The second kappa shape index (κ2) is 9.38. The summed E-state index contributed by atoms with van der Waals surface area (Å²) in [6, 6.07) is 0.556. The van der Waals surface area contributed by atoms with Crippen LogP contribution < -0.4 is 16.2 Å². The molecule has 11 heteroatoms. The second-order valence-corrected chi connectivity index (χ2v) is 6.40. The van der Waals surface area contributed by atoms with Gasteiger partial charge in [0, 0.05) is 18.3 Å². The zero-order valence-electron chi connectivity index (χ0n) is 14.9. The molecule has 1 aromatic rings. The van der Waals surface area contributed by atoms with Crippen LogP contribution in [-0.2, 0) is 27.0 Å². The van der Waals surface area contributed by atoms with Gasteiger partial charge < -0.3 is 14.6 Å². The first-order valence-electron chi connectivity index (χ1n) is 8.69. The molecule has 1 aliphatic carbocycles. The first-order valence-corrected chi connectivity index (χ1v) is 8.69. The second-order valence-electron chi connectivity index (χ2n) is 6.40. The van der Waals surface area contributed by atoms with Gasteiger partial charge in [0.25, 0.3) is 11.5 Å². The number of alkyl halides is 3. The number of halogens is 3. The third-order valence-corrected chi connectivity index (χ3v) is 4.17. The molecule has 154 valence electrons. The SMILES string of the molecule is O=C(COC(=O)Cn1cc(C(F)(F)F)ccc1=O)NC(=O)NC1CCCCC1. The Hall–Kier alpha value is -2.85. The van der Waals surface area contributed by atoms with Crippen LogP contribution in [0.15, 0.2) is 23.1 Å². The number of carbonyl (C=O) groups is 3. The molecule has 1 aliphatic rings. The molecule has 1 heterocycles. The minimum Gasteiger partial charge on any atom is -0.454 e. The van der Waals surface area contributed by atoms with Crippen LogP contribution in [0.5, 0.6) is 0 Å². The summed E-state index contributed by atoms with van der Waals surface area (Å²) in [5, 5.41) is 4.65. The minimum absolute atomic E-state index is 0.0168. The number of aromatic nitrogens is 1. The van der Waals surface area contributed by atoms with Crippen LogP contribution in [0.4, 0.5) is 18.0 Å². The molecular weight excluding hydrogens is 383 g/mol. The Morgan fingerprint density at radius 3 is 2.46 bits per heavy atom. The molecule has 0 bridgehead atoms. The van der Waals surface area contributed by atoms with Gasteiger partial charge in [-0.2, -0.15) is 13.2 Å². The topological polar surface area (TPSA) is 106 Å². The Bertz CT molecular complexity index is 785. The van der Waals surface area contributed by atoms with Crippen LogP contribution in [-0.4, -0.2) is 35.1 Å². The summed E-state index contributed by atoms with van der Waals surface area (Å²) < 4.78 is 43.1. The fourth-order valence-electron chi connectivity index (χ4n) is 2.78. The average Bonchev–Trinajstić information content (AvgIpc) is 2.61. The highest BCUT2D eigenvalue weighted by Crippen LogP contribution is 2.27. The summed E-state index contributed by atoms with van der Waals surface area (Å²) in [7, 11) is 0. The molecule has 8 nitrogen and oxygen atoms in total. The maximum absolute atomic E-state index is 12.7. The molecule has 3 amide bonds. The number of rotatable bonds is 5. The molecule has 0 aromatic carbocycles.